The van der Waals surface area contributed by atoms with Crippen molar-refractivity contribution in [2.24, 2.45) is 0 Å². The molecule has 0 saturated carbocycles. The summed E-state index contributed by atoms with van der Waals surface area (Å²) in [5, 5.41) is 12.0. The second kappa shape index (κ2) is 18.3. The second-order valence-electron chi connectivity index (χ2n) is 14.8. The van der Waals surface area contributed by atoms with Crippen LogP contribution in [0.5, 0.6) is 0 Å². The Bertz CT molecular complexity index is 2680. The third-order valence-corrected chi connectivity index (χ3v) is 9.63. The highest BCUT2D eigenvalue weighted by molar-refractivity contribution is 6.34. The van der Waals surface area contributed by atoms with Crippen LogP contribution in [-0.2, 0) is 45.1 Å². The van der Waals surface area contributed by atoms with E-state index in [4.69, 9.17) is 25.8 Å². The molecule has 0 spiro atoms. The Morgan fingerprint density at radius 1 is 1.00 bits per heavy atom. The van der Waals surface area contributed by atoms with E-state index in [1.807, 2.05) is 0 Å². The second-order valence-corrected chi connectivity index (χ2v) is 15.2. The highest BCUT2D eigenvalue weighted by atomic mass is 35.5. The number of carbonyl (C=O) groups excluding carboxylic acids is 2. The average Bonchev–Trinajstić information content (AvgIpc) is 3.60. The molecule has 6 aromatic rings. The van der Waals surface area contributed by atoms with Gasteiger partial charge in [0.25, 0.3) is 0 Å². The highest BCUT2D eigenvalue weighted by Gasteiger charge is 2.24. The number of hydrogen-bond acceptors (Lipinski definition) is 11. The molecule has 6 rings (SSSR count). The number of nitrogens with one attached hydrogen (secondary N) is 2. The van der Waals surface area contributed by atoms with Crippen molar-refractivity contribution in [1.82, 2.24) is 34.2 Å². The number of rotatable bonds is 15. The lowest BCUT2D eigenvalue weighted by molar-refractivity contribution is -0.140. The molecule has 0 bridgehead atoms. The number of benzene rings is 3. The fraction of sp³-hybridized carbons (Fsp3) is 0.341. The van der Waals surface area contributed by atoms with Crippen molar-refractivity contribution < 1.29 is 37.0 Å². The molecule has 316 valence electrons. The molecule has 0 atom stereocenters. The predicted molar refractivity (Wildman–Crippen MR) is 217 cm³/mol. The smallest absolute Gasteiger partial charge is 0.407 e. The molecule has 0 aliphatic heterocycles. The van der Waals surface area contributed by atoms with Gasteiger partial charge in [-0.2, -0.15) is 10.1 Å². The van der Waals surface area contributed by atoms with Crippen molar-refractivity contribution in [2.75, 3.05) is 26.1 Å². The number of aromatic nitrogens is 6. The number of pyridine rings is 1. The van der Waals surface area contributed by atoms with E-state index in [0.29, 0.717) is 65.2 Å². The Morgan fingerprint density at radius 2 is 1.75 bits per heavy atom. The van der Waals surface area contributed by atoms with Crippen molar-refractivity contribution in [1.29, 1.82) is 0 Å². The molecule has 3 aromatic carbocycles. The Hall–Kier alpha value is -6.27. The normalized spacial score (nSPS) is 11.6. The Kier molecular flexibility index (Phi) is 13.2. The lowest BCUT2D eigenvalue weighted by atomic mass is 10.0. The summed E-state index contributed by atoms with van der Waals surface area (Å²) in [7, 11) is 2.86. The first-order valence-electron chi connectivity index (χ1n) is 18.8. The molecular weight excluding hydrogens is 809 g/mol. The summed E-state index contributed by atoms with van der Waals surface area (Å²) in [4.78, 5) is 62.0. The number of anilines is 2. The third kappa shape index (κ3) is 9.77. The number of carbonyl (C=O) groups is 2. The summed E-state index contributed by atoms with van der Waals surface area (Å²) in [5.41, 5.74) is -1.18. The van der Waals surface area contributed by atoms with E-state index in [9.17, 15) is 32.3 Å². The SMILES string of the molecule is COCCn1cc2c(CCCCC(=O)OC)c(Nc3nc(=O)n(-c4cncc5cccc(CNC(=O)OC(C)(C)C)c45)c(=O)n3Cc3cc(F)c(F)c(F)c3)c(Cl)cc2n1. The number of hydrogen-bond donors (Lipinski definition) is 2. The van der Waals surface area contributed by atoms with Crippen LogP contribution in [0.3, 0.4) is 0 Å². The van der Waals surface area contributed by atoms with Crippen LogP contribution < -0.4 is 22.0 Å². The largest absolute Gasteiger partial charge is 0.469 e. The standard InChI is InChI=1S/C41H42ClF3N8O7/c1-41(2,3)60-39(56)47-19-25-10-8-9-24-18-46-20-32(34(24)25)53-38(55)49-37(52(40(53)57)21-23-15-29(43)35(45)30(44)16-23)48-36-26(11-6-7-12-33(54)59-5)27-22-51(13-14-58-4)50-31(27)17-28(36)42/h8-10,15-18,20,22H,6-7,11-14,19,21H2,1-5H3,(H,47,56)(H,48,49,55). The summed E-state index contributed by atoms with van der Waals surface area (Å²) in [6.07, 6.45) is 5.30. The first kappa shape index (κ1) is 43.3. The third-order valence-electron chi connectivity index (χ3n) is 9.33. The van der Waals surface area contributed by atoms with E-state index in [1.165, 1.54) is 19.5 Å². The number of methoxy groups -OCH3 is 2. The van der Waals surface area contributed by atoms with E-state index < -0.39 is 47.1 Å². The molecule has 0 unspecified atom stereocenters. The quantitative estimate of drug-likeness (QED) is 0.0639. The molecule has 0 fully saturated rings. The van der Waals surface area contributed by atoms with Crippen molar-refractivity contribution in [3.63, 3.8) is 0 Å². The molecule has 3 aromatic heterocycles. The monoisotopic (exact) mass is 850 g/mol. The van der Waals surface area contributed by atoms with Gasteiger partial charge in [-0.1, -0.05) is 29.8 Å². The first-order chi connectivity index (χ1) is 28.6. The molecule has 15 nitrogen and oxygen atoms in total. The highest BCUT2D eigenvalue weighted by Crippen LogP contribution is 2.36. The van der Waals surface area contributed by atoms with Gasteiger partial charge in [-0.25, -0.2) is 32.1 Å². The zero-order chi connectivity index (χ0) is 43.3. The van der Waals surface area contributed by atoms with Crippen LogP contribution >= 0.6 is 11.6 Å². The number of amides is 1. The number of ether oxygens (including phenoxy) is 3. The van der Waals surface area contributed by atoms with E-state index >= 15 is 0 Å². The van der Waals surface area contributed by atoms with Crippen LogP contribution in [0.15, 0.2) is 64.6 Å². The van der Waals surface area contributed by atoms with Gasteiger partial charge in [-0.3, -0.25) is 19.0 Å². The summed E-state index contributed by atoms with van der Waals surface area (Å²) in [6, 6.07) is 8.13. The lowest BCUT2D eigenvalue weighted by Gasteiger charge is -2.20. The summed E-state index contributed by atoms with van der Waals surface area (Å²) in [6.45, 7) is 5.25. The first-order valence-corrected chi connectivity index (χ1v) is 19.2. The average molecular weight is 851 g/mol. The minimum Gasteiger partial charge on any atom is -0.469 e. The van der Waals surface area contributed by atoms with Gasteiger partial charge in [0.05, 0.1) is 54.9 Å². The van der Waals surface area contributed by atoms with Gasteiger partial charge in [0.1, 0.15) is 5.60 Å². The van der Waals surface area contributed by atoms with Gasteiger partial charge in [0.15, 0.2) is 17.5 Å². The predicted octanol–water partition coefficient (Wildman–Crippen LogP) is 6.71. The van der Waals surface area contributed by atoms with Gasteiger partial charge in [0, 0.05) is 48.6 Å². The van der Waals surface area contributed by atoms with Crippen molar-refractivity contribution in [3.05, 3.63) is 115 Å². The van der Waals surface area contributed by atoms with Crippen LogP contribution in [-0.4, -0.2) is 67.4 Å². The number of halogens is 4. The number of nitrogens with zero attached hydrogens (tertiary/aromatic N) is 6. The molecule has 1 amide bonds. The molecule has 60 heavy (non-hydrogen) atoms. The van der Waals surface area contributed by atoms with Crippen molar-refractivity contribution in [3.8, 4) is 5.69 Å². The Morgan fingerprint density at radius 3 is 2.45 bits per heavy atom. The summed E-state index contributed by atoms with van der Waals surface area (Å²) < 4.78 is 62.1. The van der Waals surface area contributed by atoms with Crippen molar-refractivity contribution in [2.45, 2.75) is 71.7 Å². The van der Waals surface area contributed by atoms with Crippen LogP contribution in [0.1, 0.15) is 56.7 Å². The van der Waals surface area contributed by atoms with Gasteiger partial charge >= 0.3 is 23.4 Å². The van der Waals surface area contributed by atoms with E-state index in [2.05, 4.69) is 25.7 Å². The number of fused-ring (bicyclic) bond motifs is 2. The van der Waals surface area contributed by atoms with Gasteiger partial charge in [-0.05, 0) is 74.9 Å². The molecule has 0 aliphatic carbocycles. The number of alkyl carbamates (subject to hydrolysis) is 1. The molecule has 0 radical (unpaired) electrons. The van der Waals surface area contributed by atoms with Crippen LogP contribution in [0.25, 0.3) is 27.4 Å². The zero-order valence-electron chi connectivity index (χ0n) is 33.4. The summed E-state index contributed by atoms with van der Waals surface area (Å²) in [5.74, 6) is -5.45. The minimum absolute atomic E-state index is 0.0115. The molecule has 2 N–H and O–H groups in total. The lowest BCUT2D eigenvalue weighted by Crippen LogP contribution is -2.42. The van der Waals surface area contributed by atoms with E-state index in [0.717, 1.165) is 21.3 Å². The zero-order valence-corrected chi connectivity index (χ0v) is 34.2. The maximum atomic E-state index is 14.8. The van der Waals surface area contributed by atoms with Gasteiger partial charge in [-0.15, -0.1) is 0 Å². The Labute approximate surface area is 346 Å². The van der Waals surface area contributed by atoms with Crippen LogP contribution in [0, 0.1) is 17.5 Å². The van der Waals surface area contributed by atoms with Gasteiger partial charge in [0.2, 0.25) is 5.95 Å². The molecule has 0 aliphatic rings. The maximum Gasteiger partial charge on any atom is 0.407 e. The van der Waals surface area contributed by atoms with E-state index in [1.54, 1.807) is 63.0 Å². The fourth-order valence-electron chi connectivity index (χ4n) is 6.64. The van der Waals surface area contributed by atoms with Crippen LogP contribution in [0.4, 0.5) is 29.6 Å². The molecule has 3 heterocycles. The maximum absolute atomic E-state index is 14.8. The number of aryl methyl sites for hydroxylation is 1. The van der Waals surface area contributed by atoms with Gasteiger partial charge < -0.3 is 24.8 Å². The number of unbranched alkanes of at least 4 members (excludes halogenated alkanes) is 1. The minimum atomic E-state index is -1.70. The number of esters is 1. The van der Waals surface area contributed by atoms with Crippen molar-refractivity contribution >= 4 is 57.0 Å². The molecular formula is C41H42ClF3N8O7. The summed E-state index contributed by atoms with van der Waals surface area (Å²) >= 11 is 6.91. The Balaban J connectivity index is 1.52. The topological polar surface area (TPSA) is 173 Å². The fourth-order valence-corrected chi connectivity index (χ4v) is 6.90. The molecule has 19 heteroatoms. The van der Waals surface area contributed by atoms with Crippen LogP contribution in [0.2, 0.25) is 5.02 Å². The molecule has 0 saturated heterocycles. The van der Waals surface area contributed by atoms with E-state index in [-0.39, 0.29) is 46.8 Å².